The molecule has 2 rings (SSSR count). The first-order chi connectivity index (χ1) is 12.7. The summed E-state index contributed by atoms with van der Waals surface area (Å²) in [6.07, 6.45) is 2.43. The first-order valence-corrected chi connectivity index (χ1v) is 10.1. The summed E-state index contributed by atoms with van der Waals surface area (Å²) in [5.74, 6) is -1.00. The van der Waals surface area contributed by atoms with Gasteiger partial charge in [0.25, 0.3) is 10.2 Å². The van der Waals surface area contributed by atoms with E-state index in [-0.39, 0.29) is 24.7 Å². The number of carboxylic acids is 1. The van der Waals surface area contributed by atoms with Crippen molar-refractivity contribution in [3.8, 4) is 0 Å². The van der Waals surface area contributed by atoms with Gasteiger partial charge in [-0.05, 0) is 30.5 Å². The molecule has 0 spiro atoms. The van der Waals surface area contributed by atoms with E-state index in [1.54, 1.807) is 12.1 Å². The number of urea groups is 1. The van der Waals surface area contributed by atoms with E-state index in [2.05, 4.69) is 10.6 Å². The number of piperidine rings is 1. The quantitative estimate of drug-likeness (QED) is 0.629. The van der Waals surface area contributed by atoms with Crippen molar-refractivity contribution < 1.29 is 23.1 Å². The van der Waals surface area contributed by atoms with Crippen LogP contribution in [0.15, 0.2) is 24.3 Å². The molecule has 1 aromatic carbocycles. The number of hydrogen-bond donors (Lipinski definition) is 3. The van der Waals surface area contributed by atoms with E-state index < -0.39 is 22.2 Å². The first kappa shape index (κ1) is 21.1. The van der Waals surface area contributed by atoms with Gasteiger partial charge in [0.05, 0.1) is 5.56 Å². The molecule has 1 unspecified atom stereocenters. The molecule has 1 atom stereocenters. The minimum Gasteiger partial charge on any atom is -0.478 e. The van der Waals surface area contributed by atoms with E-state index in [0.29, 0.717) is 13.0 Å². The number of carbonyl (C=O) groups is 2. The number of carbonyl (C=O) groups excluding carboxylic acids is 1. The molecule has 1 heterocycles. The zero-order chi connectivity index (χ0) is 20.0. The lowest BCUT2D eigenvalue weighted by atomic mass is 10.1. The Kier molecular flexibility index (Phi) is 7.17. The van der Waals surface area contributed by atoms with Crippen LogP contribution in [0.25, 0.3) is 0 Å². The van der Waals surface area contributed by atoms with Crippen LogP contribution in [-0.2, 0) is 16.8 Å². The van der Waals surface area contributed by atoms with Crippen LogP contribution >= 0.6 is 0 Å². The third kappa shape index (κ3) is 5.65. The van der Waals surface area contributed by atoms with Crippen molar-refractivity contribution >= 4 is 22.2 Å². The monoisotopic (exact) mass is 398 g/mol. The molecule has 27 heavy (non-hydrogen) atoms. The lowest BCUT2D eigenvalue weighted by Gasteiger charge is -2.36. The molecular formula is C17H26N4O5S. The molecule has 3 N–H and O–H groups in total. The summed E-state index contributed by atoms with van der Waals surface area (Å²) in [4.78, 5) is 22.9. The Morgan fingerprint density at radius 3 is 2.44 bits per heavy atom. The van der Waals surface area contributed by atoms with Gasteiger partial charge in [0.1, 0.15) is 0 Å². The van der Waals surface area contributed by atoms with Crippen LogP contribution in [0.4, 0.5) is 4.79 Å². The summed E-state index contributed by atoms with van der Waals surface area (Å²) in [6, 6.07) is 5.55. The molecule has 0 aromatic heterocycles. The molecule has 1 aliphatic heterocycles. The Balaban J connectivity index is 1.85. The molecule has 10 heteroatoms. The van der Waals surface area contributed by atoms with E-state index >= 15 is 0 Å². The predicted molar refractivity (Wildman–Crippen MR) is 101 cm³/mol. The van der Waals surface area contributed by atoms with E-state index in [1.807, 2.05) is 0 Å². The molecule has 0 radical (unpaired) electrons. The van der Waals surface area contributed by atoms with Crippen LogP contribution in [-0.4, -0.2) is 67.4 Å². The van der Waals surface area contributed by atoms with Crippen LogP contribution < -0.4 is 10.6 Å². The normalized spacial score (nSPS) is 18.3. The van der Waals surface area contributed by atoms with Crippen LogP contribution in [0, 0.1) is 0 Å². The lowest BCUT2D eigenvalue weighted by molar-refractivity contribution is 0.0697. The number of hydrogen-bond acceptors (Lipinski definition) is 4. The second-order valence-electron chi connectivity index (χ2n) is 6.62. The Bertz CT molecular complexity index is 764. The molecule has 2 amide bonds. The van der Waals surface area contributed by atoms with Gasteiger partial charge in [0.2, 0.25) is 0 Å². The van der Waals surface area contributed by atoms with Gasteiger partial charge >= 0.3 is 12.0 Å². The van der Waals surface area contributed by atoms with Crippen molar-refractivity contribution in [1.29, 1.82) is 0 Å². The van der Waals surface area contributed by atoms with E-state index in [9.17, 15) is 18.0 Å². The van der Waals surface area contributed by atoms with Crippen molar-refractivity contribution in [3.05, 3.63) is 35.4 Å². The van der Waals surface area contributed by atoms with E-state index in [1.165, 1.54) is 34.8 Å². The number of aromatic carboxylic acids is 1. The lowest BCUT2D eigenvalue weighted by Crippen LogP contribution is -2.53. The Morgan fingerprint density at radius 1 is 1.19 bits per heavy atom. The van der Waals surface area contributed by atoms with Gasteiger partial charge in [0.15, 0.2) is 0 Å². The average molecular weight is 398 g/mol. The number of nitrogens with zero attached hydrogens (tertiary/aromatic N) is 2. The second kappa shape index (κ2) is 9.16. The average Bonchev–Trinajstić information content (AvgIpc) is 2.65. The maximum absolute atomic E-state index is 12.4. The van der Waals surface area contributed by atoms with Gasteiger partial charge in [-0.3, -0.25) is 0 Å². The van der Waals surface area contributed by atoms with Crippen LogP contribution in [0.5, 0.6) is 0 Å². The molecule has 150 valence electrons. The molecule has 0 bridgehead atoms. The van der Waals surface area contributed by atoms with Crippen molar-refractivity contribution in [2.24, 2.45) is 0 Å². The molecule has 0 saturated carbocycles. The summed E-state index contributed by atoms with van der Waals surface area (Å²) in [6.45, 7) is 0.928. The molecule has 9 nitrogen and oxygen atoms in total. The largest absolute Gasteiger partial charge is 0.478 e. The van der Waals surface area contributed by atoms with Crippen molar-refractivity contribution in [2.45, 2.75) is 31.8 Å². The summed E-state index contributed by atoms with van der Waals surface area (Å²) < 4.78 is 27.4. The number of amides is 2. The molecule has 1 aromatic rings. The third-order valence-electron chi connectivity index (χ3n) is 4.48. The van der Waals surface area contributed by atoms with Crippen LogP contribution in [0.1, 0.15) is 35.2 Å². The highest BCUT2D eigenvalue weighted by molar-refractivity contribution is 7.86. The van der Waals surface area contributed by atoms with E-state index in [4.69, 9.17) is 5.11 Å². The first-order valence-electron chi connectivity index (χ1n) is 8.75. The fourth-order valence-electron chi connectivity index (χ4n) is 2.91. The van der Waals surface area contributed by atoms with E-state index in [0.717, 1.165) is 18.4 Å². The highest BCUT2D eigenvalue weighted by Gasteiger charge is 2.33. The van der Waals surface area contributed by atoms with Crippen molar-refractivity contribution in [1.82, 2.24) is 19.2 Å². The summed E-state index contributed by atoms with van der Waals surface area (Å²) in [7, 11) is -0.523. The summed E-state index contributed by atoms with van der Waals surface area (Å²) in [5, 5.41) is 14.3. The van der Waals surface area contributed by atoms with Crippen LogP contribution in [0.2, 0.25) is 0 Å². The van der Waals surface area contributed by atoms with Crippen molar-refractivity contribution in [2.75, 3.05) is 27.2 Å². The van der Waals surface area contributed by atoms with Gasteiger partial charge in [-0.1, -0.05) is 18.6 Å². The maximum Gasteiger partial charge on any atom is 0.335 e. The second-order valence-corrected chi connectivity index (χ2v) is 8.71. The number of rotatable bonds is 7. The Morgan fingerprint density at radius 2 is 1.85 bits per heavy atom. The van der Waals surface area contributed by atoms with Crippen LogP contribution in [0.3, 0.4) is 0 Å². The smallest absolute Gasteiger partial charge is 0.335 e. The van der Waals surface area contributed by atoms with Gasteiger partial charge in [-0.25, -0.2) is 9.59 Å². The number of nitrogens with one attached hydrogen (secondary N) is 2. The Hall–Kier alpha value is -2.17. The van der Waals surface area contributed by atoms with Gasteiger partial charge < -0.3 is 15.7 Å². The fourth-order valence-corrected chi connectivity index (χ4v) is 4.25. The molecule has 0 aliphatic carbocycles. The van der Waals surface area contributed by atoms with Crippen molar-refractivity contribution in [3.63, 3.8) is 0 Å². The van der Waals surface area contributed by atoms with Gasteiger partial charge in [0, 0.05) is 39.8 Å². The SMILES string of the molecule is CN(C)S(=O)(=O)N1CCCCC1CNC(=O)NCc1ccc(C(=O)O)cc1. The summed E-state index contributed by atoms with van der Waals surface area (Å²) in [5.41, 5.74) is 0.951. The fraction of sp³-hybridized carbons (Fsp3) is 0.529. The Labute approximate surface area is 159 Å². The van der Waals surface area contributed by atoms with Gasteiger partial charge in [-0.15, -0.1) is 0 Å². The summed E-state index contributed by atoms with van der Waals surface area (Å²) >= 11 is 0. The minimum atomic E-state index is -3.52. The highest BCUT2D eigenvalue weighted by Crippen LogP contribution is 2.21. The number of carboxylic acid groups (broad SMARTS) is 1. The zero-order valence-corrected chi connectivity index (χ0v) is 16.3. The zero-order valence-electron chi connectivity index (χ0n) is 15.5. The predicted octanol–water partition coefficient (Wildman–Crippen LogP) is 0.845. The topological polar surface area (TPSA) is 119 Å². The standard InChI is InChI=1S/C17H26N4O5S/c1-20(2)27(25,26)21-10-4-3-5-15(21)12-19-17(24)18-11-13-6-8-14(9-7-13)16(22)23/h6-9,15H,3-5,10-12H2,1-2H3,(H,22,23)(H2,18,19,24). The van der Waals surface area contributed by atoms with Gasteiger partial charge in [-0.2, -0.15) is 17.0 Å². The molecule has 1 aliphatic rings. The molecular weight excluding hydrogens is 372 g/mol. The number of benzene rings is 1. The maximum atomic E-state index is 12.4. The third-order valence-corrected chi connectivity index (χ3v) is 6.48. The minimum absolute atomic E-state index is 0.183. The molecule has 1 saturated heterocycles. The highest BCUT2D eigenvalue weighted by atomic mass is 32.2. The molecule has 1 fully saturated rings.